The summed E-state index contributed by atoms with van der Waals surface area (Å²) >= 11 is 0. The van der Waals surface area contributed by atoms with E-state index in [-0.39, 0.29) is 19.2 Å². The molecule has 7 heteroatoms. The lowest BCUT2D eigenvalue weighted by Crippen LogP contribution is -2.46. The van der Waals surface area contributed by atoms with E-state index in [0.717, 1.165) is 25.7 Å². The van der Waals surface area contributed by atoms with Crippen molar-refractivity contribution < 1.29 is 17.9 Å². The highest BCUT2D eigenvalue weighted by Crippen LogP contribution is 2.30. The maximum atomic E-state index is 12.4. The van der Waals surface area contributed by atoms with E-state index in [2.05, 4.69) is 0 Å². The van der Waals surface area contributed by atoms with Gasteiger partial charge >= 0.3 is 5.97 Å². The van der Waals surface area contributed by atoms with Crippen molar-refractivity contribution in [1.82, 2.24) is 8.61 Å². The Balaban J connectivity index is 2.71. The molecule has 0 aliphatic heterocycles. The molecule has 0 spiro atoms. The molecule has 19 heavy (non-hydrogen) atoms. The molecule has 0 saturated heterocycles. The first kappa shape index (κ1) is 16.4. The van der Waals surface area contributed by atoms with Crippen molar-refractivity contribution in [1.29, 1.82) is 0 Å². The summed E-state index contributed by atoms with van der Waals surface area (Å²) in [6, 6.07) is -0.0431. The normalized spacial score (nSPS) is 16.1. The maximum Gasteiger partial charge on any atom is 0.321 e. The Morgan fingerprint density at radius 3 is 2.42 bits per heavy atom. The van der Waals surface area contributed by atoms with Gasteiger partial charge in [-0.1, -0.05) is 13.3 Å². The Hall–Kier alpha value is -0.660. The van der Waals surface area contributed by atoms with E-state index in [1.807, 2.05) is 6.92 Å². The third kappa shape index (κ3) is 4.74. The molecule has 0 radical (unpaired) electrons. The van der Waals surface area contributed by atoms with Crippen LogP contribution < -0.4 is 0 Å². The fourth-order valence-electron chi connectivity index (χ4n) is 1.77. The van der Waals surface area contributed by atoms with Crippen LogP contribution in [0.25, 0.3) is 0 Å². The number of ether oxygens (including phenoxy) is 1. The van der Waals surface area contributed by atoms with Crippen LogP contribution in [0.3, 0.4) is 0 Å². The van der Waals surface area contributed by atoms with Crippen LogP contribution >= 0.6 is 0 Å². The molecule has 0 heterocycles. The molecule has 0 aromatic carbocycles. The molecule has 1 fully saturated rings. The van der Waals surface area contributed by atoms with Crippen LogP contribution in [0, 0.1) is 0 Å². The van der Waals surface area contributed by atoms with E-state index in [1.54, 1.807) is 14.0 Å². The third-order valence-corrected chi connectivity index (χ3v) is 5.05. The van der Waals surface area contributed by atoms with Crippen LogP contribution in [0.15, 0.2) is 0 Å². The topological polar surface area (TPSA) is 66.9 Å². The van der Waals surface area contributed by atoms with Crippen molar-refractivity contribution in [3.8, 4) is 0 Å². The maximum absolute atomic E-state index is 12.4. The Labute approximate surface area is 115 Å². The van der Waals surface area contributed by atoms with Crippen LogP contribution in [0.5, 0.6) is 0 Å². The number of carbonyl (C=O) groups is 1. The summed E-state index contributed by atoms with van der Waals surface area (Å²) in [6.07, 6.45) is 3.38. The van der Waals surface area contributed by atoms with Gasteiger partial charge in [0.05, 0.1) is 6.61 Å². The highest BCUT2D eigenvalue weighted by Gasteiger charge is 2.40. The summed E-state index contributed by atoms with van der Waals surface area (Å²) in [5.74, 6) is -0.484. The first-order valence-electron chi connectivity index (χ1n) is 6.82. The zero-order chi connectivity index (χ0) is 14.5. The molecule has 1 rings (SSSR count). The predicted octanol–water partition coefficient (Wildman–Crippen LogP) is 0.991. The molecular formula is C12H24N2O4S. The number of carbonyl (C=O) groups excluding carboxylic acids is 1. The van der Waals surface area contributed by atoms with E-state index in [9.17, 15) is 13.2 Å². The van der Waals surface area contributed by atoms with Gasteiger partial charge in [0, 0.05) is 19.6 Å². The van der Waals surface area contributed by atoms with Gasteiger partial charge in [-0.05, 0) is 26.2 Å². The highest BCUT2D eigenvalue weighted by molar-refractivity contribution is 7.86. The summed E-state index contributed by atoms with van der Waals surface area (Å²) in [6.45, 7) is 4.28. The van der Waals surface area contributed by atoms with Gasteiger partial charge in [-0.3, -0.25) is 4.79 Å². The minimum atomic E-state index is -3.56. The summed E-state index contributed by atoms with van der Waals surface area (Å²) in [5.41, 5.74) is 0. The van der Waals surface area contributed by atoms with Gasteiger partial charge in [-0.15, -0.1) is 0 Å². The van der Waals surface area contributed by atoms with Gasteiger partial charge in [-0.2, -0.15) is 17.0 Å². The number of rotatable bonds is 9. The van der Waals surface area contributed by atoms with E-state index in [4.69, 9.17) is 4.74 Å². The van der Waals surface area contributed by atoms with E-state index in [0.29, 0.717) is 6.54 Å². The minimum absolute atomic E-state index is 0.0431. The number of hydrogen-bond donors (Lipinski definition) is 0. The molecule has 6 nitrogen and oxygen atoms in total. The van der Waals surface area contributed by atoms with Crippen LogP contribution in [-0.2, 0) is 19.7 Å². The van der Waals surface area contributed by atoms with Crippen molar-refractivity contribution in [2.75, 3.05) is 26.7 Å². The fourth-order valence-corrected chi connectivity index (χ4v) is 3.34. The second-order valence-electron chi connectivity index (χ2n) is 4.76. The van der Waals surface area contributed by atoms with Gasteiger partial charge < -0.3 is 4.74 Å². The summed E-state index contributed by atoms with van der Waals surface area (Å²) in [7, 11) is -2.00. The number of nitrogens with zero attached hydrogens (tertiary/aromatic N) is 2. The van der Waals surface area contributed by atoms with E-state index < -0.39 is 16.2 Å². The molecule has 0 amide bonds. The third-order valence-electron chi connectivity index (χ3n) is 3.06. The van der Waals surface area contributed by atoms with Crippen molar-refractivity contribution >= 4 is 16.2 Å². The van der Waals surface area contributed by atoms with Gasteiger partial charge in [0.15, 0.2) is 0 Å². The molecular weight excluding hydrogens is 268 g/mol. The predicted molar refractivity (Wildman–Crippen MR) is 72.8 cm³/mol. The Bertz CT molecular complexity index is 393. The molecule has 112 valence electrons. The smallest absolute Gasteiger partial charge is 0.321 e. The zero-order valence-electron chi connectivity index (χ0n) is 12.0. The lowest BCUT2D eigenvalue weighted by Gasteiger charge is -2.26. The lowest BCUT2D eigenvalue weighted by atomic mass is 10.3. The molecule has 0 atom stereocenters. The molecule has 0 N–H and O–H groups in total. The van der Waals surface area contributed by atoms with Gasteiger partial charge in [0.2, 0.25) is 0 Å². The van der Waals surface area contributed by atoms with Gasteiger partial charge in [0.1, 0.15) is 6.54 Å². The number of unbranched alkanes of at least 4 members (excludes halogenated alkanes) is 1. The number of hydrogen-bond acceptors (Lipinski definition) is 4. The largest absolute Gasteiger partial charge is 0.465 e. The second kappa shape index (κ2) is 7.21. The van der Waals surface area contributed by atoms with Gasteiger partial charge in [0.25, 0.3) is 10.2 Å². The monoisotopic (exact) mass is 292 g/mol. The average Bonchev–Trinajstić information content (AvgIpc) is 3.17. The highest BCUT2D eigenvalue weighted by atomic mass is 32.2. The molecule has 1 aliphatic rings. The van der Waals surface area contributed by atoms with Crippen molar-refractivity contribution in [3.05, 3.63) is 0 Å². The first-order chi connectivity index (χ1) is 8.93. The van der Waals surface area contributed by atoms with Crippen molar-refractivity contribution in [2.24, 2.45) is 0 Å². The summed E-state index contributed by atoms with van der Waals surface area (Å²) in [5, 5.41) is 0. The van der Waals surface area contributed by atoms with Crippen LogP contribution in [0.2, 0.25) is 0 Å². The second-order valence-corrected chi connectivity index (χ2v) is 6.75. The molecule has 0 aromatic heterocycles. The minimum Gasteiger partial charge on any atom is -0.465 e. The quantitative estimate of drug-likeness (QED) is 0.594. The Morgan fingerprint density at radius 2 is 1.95 bits per heavy atom. The van der Waals surface area contributed by atoms with Crippen LogP contribution in [0.4, 0.5) is 0 Å². The lowest BCUT2D eigenvalue weighted by molar-refractivity contribution is -0.143. The van der Waals surface area contributed by atoms with Gasteiger partial charge in [-0.25, -0.2) is 0 Å². The Morgan fingerprint density at radius 1 is 1.32 bits per heavy atom. The average molecular weight is 292 g/mol. The van der Waals surface area contributed by atoms with Crippen molar-refractivity contribution in [3.63, 3.8) is 0 Å². The molecule has 0 bridgehead atoms. The van der Waals surface area contributed by atoms with E-state index >= 15 is 0 Å². The van der Waals surface area contributed by atoms with Crippen LogP contribution in [-0.4, -0.2) is 55.8 Å². The van der Waals surface area contributed by atoms with Crippen LogP contribution in [0.1, 0.15) is 39.5 Å². The SMILES string of the molecule is CCCCN(C)S(=O)(=O)N(CC(=O)OCC)C1CC1. The standard InChI is InChI=1S/C12H24N2O4S/c1-4-6-9-13(3)19(16,17)14(11-7-8-11)10-12(15)18-5-2/h11H,4-10H2,1-3H3. The number of esters is 1. The molecule has 0 unspecified atom stereocenters. The fraction of sp³-hybridized carbons (Fsp3) is 0.917. The molecule has 0 aromatic rings. The molecule has 1 aliphatic carbocycles. The van der Waals surface area contributed by atoms with E-state index in [1.165, 1.54) is 8.61 Å². The summed E-state index contributed by atoms with van der Waals surface area (Å²) in [4.78, 5) is 11.5. The first-order valence-corrected chi connectivity index (χ1v) is 8.21. The summed E-state index contributed by atoms with van der Waals surface area (Å²) < 4.78 is 32.3. The Kier molecular flexibility index (Phi) is 6.22. The zero-order valence-corrected chi connectivity index (χ0v) is 12.8. The van der Waals surface area contributed by atoms with Crippen molar-refractivity contribution in [2.45, 2.75) is 45.6 Å². The molecule has 1 saturated carbocycles.